The van der Waals surface area contributed by atoms with Crippen molar-refractivity contribution in [3.05, 3.63) is 34.4 Å². The van der Waals surface area contributed by atoms with E-state index in [0.29, 0.717) is 0 Å². The lowest BCUT2D eigenvalue weighted by molar-refractivity contribution is 0.0124. The first-order chi connectivity index (χ1) is 8.26. The second-order valence-electron chi connectivity index (χ2n) is 5.92. The standard InChI is InChI=1S/C16H27NO/c1-11-9-12(2)15(13(3)10-11)14(17)7-8-16(4,5)18-6/h9-10,14H,7-8,17H2,1-6H3. The number of ether oxygens (including phenoxy) is 1. The largest absolute Gasteiger partial charge is 0.379 e. The molecule has 0 radical (unpaired) electrons. The van der Waals surface area contributed by atoms with Gasteiger partial charge in [-0.3, -0.25) is 0 Å². The fraction of sp³-hybridized carbons (Fsp3) is 0.625. The predicted octanol–water partition coefficient (Wildman–Crippen LogP) is 3.82. The van der Waals surface area contributed by atoms with Gasteiger partial charge < -0.3 is 10.5 Å². The zero-order chi connectivity index (χ0) is 13.9. The molecule has 0 saturated heterocycles. The molecular formula is C16H27NO. The summed E-state index contributed by atoms with van der Waals surface area (Å²) in [4.78, 5) is 0. The topological polar surface area (TPSA) is 35.2 Å². The summed E-state index contributed by atoms with van der Waals surface area (Å²) < 4.78 is 5.45. The van der Waals surface area contributed by atoms with Gasteiger partial charge in [0.15, 0.2) is 0 Å². The molecule has 0 amide bonds. The van der Waals surface area contributed by atoms with Crippen LogP contribution in [0.25, 0.3) is 0 Å². The number of rotatable bonds is 5. The highest BCUT2D eigenvalue weighted by molar-refractivity contribution is 5.39. The van der Waals surface area contributed by atoms with Gasteiger partial charge in [0.2, 0.25) is 0 Å². The molecule has 0 saturated carbocycles. The summed E-state index contributed by atoms with van der Waals surface area (Å²) in [6, 6.07) is 4.52. The summed E-state index contributed by atoms with van der Waals surface area (Å²) in [5.74, 6) is 0. The highest BCUT2D eigenvalue weighted by atomic mass is 16.5. The van der Waals surface area contributed by atoms with Crippen LogP contribution in [-0.2, 0) is 4.74 Å². The van der Waals surface area contributed by atoms with Gasteiger partial charge in [-0.05, 0) is 64.2 Å². The molecule has 0 aliphatic heterocycles. The van der Waals surface area contributed by atoms with E-state index >= 15 is 0 Å². The van der Waals surface area contributed by atoms with Crippen LogP contribution in [0.5, 0.6) is 0 Å². The van der Waals surface area contributed by atoms with Gasteiger partial charge in [0.1, 0.15) is 0 Å². The second kappa shape index (κ2) is 5.85. The summed E-state index contributed by atoms with van der Waals surface area (Å²) >= 11 is 0. The van der Waals surface area contributed by atoms with E-state index in [1.165, 1.54) is 22.3 Å². The van der Waals surface area contributed by atoms with Crippen molar-refractivity contribution >= 4 is 0 Å². The molecule has 1 rings (SSSR count). The van der Waals surface area contributed by atoms with Crippen LogP contribution in [0, 0.1) is 20.8 Å². The molecule has 1 aromatic rings. The number of aryl methyl sites for hydroxylation is 3. The Hall–Kier alpha value is -0.860. The van der Waals surface area contributed by atoms with Gasteiger partial charge in [-0.1, -0.05) is 17.7 Å². The molecule has 2 nitrogen and oxygen atoms in total. The highest BCUT2D eigenvalue weighted by Crippen LogP contribution is 2.27. The monoisotopic (exact) mass is 249 g/mol. The van der Waals surface area contributed by atoms with Gasteiger partial charge in [-0.25, -0.2) is 0 Å². The van der Waals surface area contributed by atoms with Crippen LogP contribution in [0.4, 0.5) is 0 Å². The minimum absolute atomic E-state index is 0.0931. The van der Waals surface area contributed by atoms with Crippen molar-refractivity contribution in [2.24, 2.45) is 5.73 Å². The number of hydrogen-bond acceptors (Lipinski definition) is 2. The normalized spacial score (nSPS) is 13.7. The quantitative estimate of drug-likeness (QED) is 0.861. The number of benzene rings is 1. The molecule has 0 heterocycles. The Labute approximate surface area is 112 Å². The van der Waals surface area contributed by atoms with Gasteiger partial charge in [-0.2, -0.15) is 0 Å². The lowest BCUT2D eigenvalue weighted by Gasteiger charge is -2.26. The minimum atomic E-state index is -0.0931. The first-order valence-electron chi connectivity index (χ1n) is 6.65. The first kappa shape index (κ1) is 15.2. The van der Waals surface area contributed by atoms with E-state index in [4.69, 9.17) is 10.5 Å². The third-order valence-electron chi connectivity index (χ3n) is 3.72. The average Bonchev–Trinajstić information content (AvgIpc) is 2.25. The smallest absolute Gasteiger partial charge is 0.0623 e. The molecule has 1 unspecified atom stereocenters. The molecule has 0 fully saturated rings. The number of nitrogens with two attached hydrogens (primary N) is 1. The van der Waals surface area contributed by atoms with Crippen molar-refractivity contribution in [3.63, 3.8) is 0 Å². The summed E-state index contributed by atoms with van der Waals surface area (Å²) in [5, 5.41) is 0. The van der Waals surface area contributed by atoms with Crippen molar-refractivity contribution in [1.82, 2.24) is 0 Å². The van der Waals surface area contributed by atoms with E-state index in [0.717, 1.165) is 12.8 Å². The molecular weight excluding hydrogens is 222 g/mol. The van der Waals surface area contributed by atoms with Crippen LogP contribution in [0.3, 0.4) is 0 Å². The number of methoxy groups -OCH3 is 1. The van der Waals surface area contributed by atoms with Gasteiger partial charge in [-0.15, -0.1) is 0 Å². The van der Waals surface area contributed by atoms with Crippen LogP contribution in [0.2, 0.25) is 0 Å². The van der Waals surface area contributed by atoms with Gasteiger partial charge in [0.05, 0.1) is 5.60 Å². The van der Waals surface area contributed by atoms with Crippen molar-refractivity contribution < 1.29 is 4.74 Å². The van der Waals surface area contributed by atoms with E-state index < -0.39 is 0 Å². The summed E-state index contributed by atoms with van der Waals surface area (Å²) in [6.45, 7) is 10.6. The summed E-state index contributed by atoms with van der Waals surface area (Å²) in [5.41, 5.74) is 11.5. The molecule has 0 spiro atoms. The molecule has 18 heavy (non-hydrogen) atoms. The molecule has 0 aliphatic carbocycles. The molecule has 2 heteroatoms. The first-order valence-corrected chi connectivity index (χ1v) is 6.65. The van der Waals surface area contributed by atoms with Crippen LogP contribution in [0.15, 0.2) is 12.1 Å². The Morgan fingerprint density at radius 1 is 1.17 bits per heavy atom. The van der Waals surface area contributed by atoms with Crippen LogP contribution in [0.1, 0.15) is 55.0 Å². The molecule has 0 bridgehead atoms. The predicted molar refractivity (Wildman–Crippen MR) is 77.9 cm³/mol. The van der Waals surface area contributed by atoms with Gasteiger partial charge in [0, 0.05) is 13.2 Å². The fourth-order valence-corrected chi connectivity index (χ4v) is 2.53. The van der Waals surface area contributed by atoms with Crippen molar-refractivity contribution in [2.45, 2.75) is 59.1 Å². The van der Waals surface area contributed by atoms with E-state index in [-0.39, 0.29) is 11.6 Å². The Kier molecular flexibility index (Phi) is 4.94. The number of hydrogen-bond donors (Lipinski definition) is 1. The van der Waals surface area contributed by atoms with E-state index in [2.05, 4.69) is 46.8 Å². The van der Waals surface area contributed by atoms with Crippen molar-refractivity contribution in [2.75, 3.05) is 7.11 Å². The van der Waals surface area contributed by atoms with E-state index in [1.807, 2.05) is 0 Å². The summed E-state index contributed by atoms with van der Waals surface area (Å²) in [6.07, 6.45) is 1.92. The molecule has 1 atom stereocenters. The van der Waals surface area contributed by atoms with Crippen LogP contribution in [-0.4, -0.2) is 12.7 Å². The fourth-order valence-electron chi connectivity index (χ4n) is 2.53. The second-order valence-corrected chi connectivity index (χ2v) is 5.92. The lowest BCUT2D eigenvalue weighted by atomic mass is 9.89. The Bertz CT molecular complexity index is 387. The maximum atomic E-state index is 6.35. The lowest BCUT2D eigenvalue weighted by Crippen LogP contribution is -2.25. The minimum Gasteiger partial charge on any atom is -0.379 e. The van der Waals surface area contributed by atoms with E-state index in [9.17, 15) is 0 Å². The van der Waals surface area contributed by atoms with Crippen LogP contribution < -0.4 is 5.73 Å². The third kappa shape index (κ3) is 3.82. The Morgan fingerprint density at radius 2 is 1.67 bits per heavy atom. The summed E-state index contributed by atoms with van der Waals surface area (Å²) in [7, 11) is 1.76. The van der Waals surface area contributed by atoms with Gasteiger partial charge >= 0.3 is 0 Å². The van der Waals surface area contributed by atoms with Crippen molar-refractivity contribution in [3.8, 4) is 0 Å². The highest BCUT2D eigenvalue weighted by Gasteiger charge is 2.20. The maximum Gasteiger partial charge on any atom is 0.0623 e. The molecule has 2 N–H and O–H groups in total. The zero-order valence-electron chi connectivity index (χ0n) is 12.6. The van der Waals surface area contributed by atoms with Gasteiger partial charge in [0.25, 0.3) is 0 Å². The SMILES string of the molecule is COC(C)(C)CCC(N)c1c(C)cc(C)cc1C. The molecule has 1 aromatic carbocycles. The Morgan fingerprint density at radius 3 is 2.11 bits per heavy atom. The molecule has 0 aliphatic rings. The molecule has 102 valence electrons. The third-order valence-corrected chi connectivity index (χ3v) is 3.72. The van der Waals surface area contributed by atoms with E-state index in [1.54, 1.807) is 7.11 Å². The average molecular weight is 249 g/mol. The Balaban J connectivity index is 2.82. The van der Waals surface area contributed by atoms with Crippen molar-refractivity contribution in [1.29, 1.82) is 0 Å². The zero-order valence-corrected chi connectivity index (χ0v) is 12.6. The molecule has 0 aromatic heterocycles. The maximum absolute atomic E-state index is 6.35. The van der Waals surface area contributed by atoms with Crippen LogP contribution >= 0.6 is 0 Å².